The lowest BCUT2D eigenvalue weighted by atomic mass is 9.98. The number of guanidine groups is 1. The molecule has 1 aliphatic rings. The lowest BCUT2D eigenvalue weighted by Gasteiger charge is -2.22. The van der Waals surface area contributed by atoms with E-state index in [0.29, 0.717) is 13.1 Å². The highest BCUT2D eigenvalue weighted by molar-refractivity contribution is 5.82. The van der Waals surface area contributed by atoms with Crippen molar-refractivity contribution < 1.29 is 9.53 Å². The van der Waals surface area contributed by atoms with Crippen LogP contribution in [0.5, 0.6) is 0 Å². The van der Waals surface area contributed by atoms with Crippen molar-refractivity contribution in [2.75, 3.05) is 27.2 Å². The molecule has 4 rings (SSSR count). The summed E-state index contributed by atoms with van der Waals surface area (Å²) in [5, 5.41) is 3.49. The Morgan fingerprint density at radius 1 is 1.18 bits per heavy atom. The van der Waals surface area contributed by atoms with Gasteiger partial charge in [-0.1, -0.05) is 55.5 Å². The Labute approximate surface area is 195 Å². The second-order valence-corrected chi connectivity index (χ2v) is 8.50. The van der Waals surface area contributed by atoms with Crippen LogP contribution in [0.1, 0.15) is 18.1 Å². The number of nitrogens with one attached hydrogen (secondary N) is 1. The minimum atomic E-state index is -0.151. The van der Waals surface area contributed by atoms with Gasteiger partial charge in [0.2, 0.25) is 0 Å². The van der Waals surface area contributed by atoms with Gasteiger partial charge in [0, 0.05) is 45.6 Å². The molecule has 1 N–H and O–H groups in total. The summed E-state index contributed by atoms with van der Waals surface area (Å²) in [4.78, 5) is 22.8. The molecule has 2 atom stereocenters. The van der Waals surface area contributed by atoms with Gasteiger partial charge in [-0.2, -0.15) is 0 Å². The molecule has 1 aliphatic heterocycles. The number of aromatic nitrogens is 2. The number of likely N-dealkylation sites (tertiary alicyclic amines) is 1. The van der Waals surface area contributed by atoms with Crippen molar-refractivity contribution in [2.45, 2.75) is 20.0 Å². The van der Waals surface area contributed by atoms with Gasteiger partial charge in [0.05, 0.1) is 19.4 Å². The van der Waals surface area contributed by atoms with E-state index in [9.17, 15) is 4.79 Å². The predicted octanol–water partition coefficient (Wildman–Crippen LogP) is 3.41. The maximum Gasteiger partial charge on any atom is 0.310 e. The molecule has 172 valence electrons. The number of carbonyl (C=O) groups is 1. The Kier molecular flexibility index (Phi) is 7.07. The molecule has 0 saturated carbocycles. The molecule has 33 heavy (non-hydrogen) atoms. The number of imidazole rings is 1. The number of methoxy groups -OCH3 is 1. The van der Waals surface area contributed by atoms with E-state index in [1.165, 1.54) is 29.4 Å². The fourth-order valence-electron chi connectivity index (χ4n) is 4.44. The second-order valence-electron chi connectivity index (χ2n) is 8.50. The molecular formula is C26H31N5O2. The molecule has 0 spiro atoms. The van der Waals surface area contributed by atoms with E-state index in [-0.39, 0.29) is 17.8 Å². The Morgan fingerprint density at radius 2 is 1.97 bits per heavy atom. The smallest absolute Gasteiger partial charge is 0.310 e. The quantitative estimate of drug-likeness (QED) is 0.358. The summed E-state index contributed by atoms with van der Waals surface area (Å²) in [5.74, 6) is 0.756. The minimum Gasteiger partial charge on any atom is -0.469 e. The summed E-state index contributed by atoms with van der Waals surface area (Å²) >= 11 is 0. The zero-order valence-corrected chi connectivity index (χ0v) is 19.4. The summed E-state index contributed by atoms with van der Waals surface area (Å²) in [6.45, 7) is 4.93. The van der Waals surface area contributed by atoms with E-state index < -0.39 is 0 Å². The van der Waals surface area contributed by atoms with Gasteiger partial charge in [-0.05, 0) is 28.2 Å². The van der Waals surface area contributed by atoms with Crippen LogP contribution in [0.15, 0.2) is 72.2 Å². The second kappa shape index (κ2) is 10.3. The number of ether oxygens (including phenoxy) is 1. The molecule has 0 bridgehead atoms. The molecule has 2 unspecified atom stereocenters. The number of benzene rings is 2. The molecule has 0 aliphatic carbocycles. The van der Waals surface area contributed by atoms with Crippen molar-refractivity contribution in [1.82, 2.24) is 19.8 Å². The lowest BCUT2D eigenvalue weighted by molar-refractivity contribution is -0.145. The van der Waals surface area contributed by atoms with Gasteiger partial charge in [0.15, 0.2) is 5.96 Å². The molecule has 0 radical (unpaired) electrons. The molecule has 0 amide bonds. The first kappa shape index (κ1) is 22.6. The number of carbonyl (C=O) groups excluding carboxylic acids is 1. The van der Waals surface area contributed by atoms with Crippen molar-refractivity contribution in [3.8, 4) is 11.1 Å². The number of rotatable bonds is 6. The first-order valence-corrected chi connectivity index (χ1v) is 11.3. The fourth-order valence-corrected chi connectivity index (χ4v) is 4.44. The zero-order chi connectivity index (χ0) is 23.2. The van der Waals surface area contributed by atoms with Gasteiger partial charge in [0.1, 0.15) is 0 Å². The van der Waals surface area contributed by atoms with Crippen LogP contribution in [-0.2, 0) is 22.6 Å². The normalized spacial score (nSPS) is 18.4. The lowest BCUT2D eigenvalue weighted by Crippen LogP contribution is -2.40. The van der Waals surface area contributed by atoms with Gasteiger partial charge < -0.3 is 19.5 Å². The summed E-state index contributed by atoms with van der Waals surface area (Å²) < 4.78 is 7.03. The van der Waals surface area contributed by atoms with Crippen LogP contribution in [0, 0.1) is 11.8 Å². The van der Waals surface area contributed by atoms with Crippen LogP contribution in [0.25, 0.3) is 11.1 Å². The summed E-state index contributed by atoms with van der Waals surface area (Å²) in [6.07, 6.45) is 5.59. The first-order chi connectivity index (χ1) is 16.1. The average Bonchev–Trinajstić information content (AvgIpc) is 3.49. The van der Waals surface area contributed by atoms with Crippen molar-refractivity contribution in [1.29, 1.82) is 0 Å². The largest absolute Gasteiger partial charge is 0.469 e. The number of aliphatic imine (C=N–C) groups is 1. The Bertz CT molecular complexity index is 1090. The van der Waals surface area contributed by atoms with Crippen molar-refractivity contribution in [3.05, 3.63) is 78.4 Å². The van der Waals surface area contributed by atoms with Gasteiger partial charge >= 0.3 is 5.97 Å². The third-order valence-electron chi connectivity index (χ3n) is 6.27. The Hall–Kier alpha value is -3.61. The standard InChI is InChI=1S/C26H31N5O2/c1-19-15-31(17-24(19)25(32)33-3)26(27-2)29-14-22-6-4-5-7-23(22)21-10-8-20(9-11-21)16-30-13-12-28-18-30/h4-13,18-19,24H,14-17H2,1-3H3,(H,27,29). The molecule has 7 heteroatoms. The third-order valence-corrected chi connectivity index (χ3v) is 6.27. The zero-order valence-electron chi connectivity index (χ0n) is 19.4. The predicted molar refractivity (Wildman–Crippen MR) is 130 cm³/mol. The van der Waals surface area contributed by atoms with Crippen LogP contribution >= 0.6 is 0 Å². The maximum atomic E-state index is 12.1. The number of esters is 1. The van der Waals surface area contributed by atoms with Crippen molar-refractivity contribution in [2.24, 2.45) is 16.8 Å². The highest BCUT2D eigenvalue weighted by Crippen LogP contribution is 2.26. The summed E-state index contributed by atoms with van der Waals surface area (Å²) in [7, 11) is 3.23. The van der Waals surface area contributed by atoms with Crippen LogP contribution in [-0.4, -0.2) is 53.6 Å². The van der Waals surface area contributed by atoms with Gasteiger partial charge in [-0.15, -0.1) is 0 Å². The number of hydrogen-bond donors (Lipinski definition) is 1. The number of hydrogen-bond acceptors (Lipinski definition) is 4. The van der Waals surface area contributed by atoms with E-state index in [0.717, 1.165) is 19.0 Å². The van der Waals surface area contributed by atoms with Crippen molar-refractivity contribution >= 4 is 11.9 Å². The van der Waals surface area contributed by atoms with E-state index in [1.54, 1.807) is 13.2 Å². The molecule has 7 nitrogen and oxygen atoms in total. The molecule has 3 aromatic rings. The van der Waals surface area contributed by atoms with Gasteiger partial charge in [0.25, 0.3) is 0 Å². The highest BCUT2D eigenvalue weighted by atomic mass is 16.5. The molecule has 2 heterocycles. The SMILES string of the molecule is CN=C(NCc1ccccc1-c1ccc(Cn2ccnc2)cc1)N1CC(C)C(C(=O)OC)C1. The Morgan fingerprint density at radius 3 is 2.67 bits per heavy atom. The van der Waals surface area contributed by atoms with E-state index in [4.69, 9.17) is 4.74 Å². The van der Waals surface area contributed by atoms with Gasteiger partial charge in [-0.3, -0.25) is 9.79 Å². The molecule has 2 aromatic carbocycles. The monoisotopic (exact) mass is 445 g/mol. The van der Waals surface area contributed by atoms with Crippen LogP contribution in [0.4, 0.5) is 0 Å². The minimum absolute atomic E-state index is 0.123. The molecule has 1 fully saturated rings. The number of nitrogens with zero attached hydrogens (tertiary/aromatic N) is 4. The maximum absolute atomic E-state index is 12.1. The van der Waals surface area contributed by atoms with E-state index >= 15 is 0 Å². The van der Waals surface area contributed by atoms with Crippen LogP contribution in [0.2, 0.25) is 0 Å². The first-order valence-electron chi connectivity index (χ1n) is 11.3. The van der Waals surface area contributed by atoms with Gasteiger partial charge in [-0.25, -0.2) is 4.98 Å². The topological polar surface area (TPSA) is 71.8 Å². The summed E-state index contributed by atoms with van der Waals surface area (Å²) in [6, 6.07) is 17.1. The van der Waals surface area contributed by atoms with Crippen molar-refractivity contribution in [3.63, 3.8) is 0 Å². The highest BCUT2D eigenvalue weighted by Gasteiger charge is 2.36. The van der Waals surface area contributed by atoms with E-state index in [2.05, 4.69) is 80.2 Å². The fraction of sp³-hybridized carbons (Fsp3) is 0.346. The molecular weight excluding hydrogens is 414 g/mol. The summed E-state index contributed by atoms with van der Waals surface area (Å²) in [5.41, 5.74) is 4.79. The van der Waals surface area contributed by atoms with Crippen LogP contribution < -0.4 is 5.32 Å². The van der Waals surface area contributed by atoms with Crippen LogP contribution in [0.3, 0.4) is 0 Å². The molecule has 1 aromatic heterocycles. The van der Waals surface area contributed by atoms with E-state index in [1.807, 2.05) is 12.5 Å². The molecule has 1 saturated heterocycles. The third kappa shape index (κ3) is 5.25. The average molecular weight is 446 g/mol. The Balaban J connectivity index is 1.44.